The SMILES string of the molecule is Fc1ccc(Cc2nnc(N3CCO[C@@H]([C@H]4CCCO4)C3)s2)cc1. The van der Waals surface area contributed by atoms with Crippen LogP contribution in [0.15, 0.2) is 24.3 Å². The van der Waals surface area contributed by atoms with Gasteiger partial charge < -0.3 is 14.4 Å². The van der Waals surface area contributed by atoms with E-state index in [9.17, 15) is 4.39 Å². The molecule has 7 heteroatoms. The highest BCUT2D eigenvalue weighted by Crippen LogP contribution is 2.27. The second-order valence-corrected chi connectivity index (χ2v) is 7.23. The van der Waals surface area contributed by atoms with E-state index in [1.54, 1.807) is 23.5 Å². The predicted octanol–water partition coefficient (Wildman–Crippen LogP) is 2.65. The fraction of sp³-hybridized carbons (Fsp3) is 0.529. The topological polar surface area (TPSA) is 47.5 Å². The van der Waals surface area contributed by atoms with Gasteiger partial charge in [0.1, 0.15) is 16.9 Å². The Labute approximate surface area is 144 Å². The number of benzene rings is 1. The van der Waals surface area contributed by atoms with Crippen molar-refractivity contribution in [2.75, 3.05) is 31.2 Å². The second-order valence-electron chi connectivity index (χ2n) is 6.19. The maximum Gasteiger partial charge on any atom is 0.208 e. The molecule has 2 fully saturated rings. The molecule has 2 aliphatic heterocycles. The van der Waals surface area contributed by atoms with Gasteiger partial charge >= 0.3 is 0 Å². The lowest BCUT2D eigenvalue weighted by atomic mass is 10.1. The molecule has 2 saturated heterocycles. The largest absolute Gasteiger partial charge is 0.375 e. The van der Waals surface area contributed by atoms with Crippen molar-refractivity contribution in [1.29, 1.82) is 0 Å². The first-order valence-corrected chi connectivity index (χ1v) is 9.14. The molecule has 0 N–H and O–H groups in total. The minimum atomic E-state index is -0.217. The highest BCUT2D eigenvalue weighted by atomic mass is 32.1. The minimum Gasteiger partial charge on any atom is -0.375 e. The van der Waals surface area contributed by atoms with Crippen LogP contribution in [-0.2, 0) is 15.9 Å². The van der Waals surface area contributed by atoms with Gasteiger partial charge in [-0.25, -0.2) is 4.39 Å². The van der Waals surface area contributed by atoms with Crippen LogP contribution >= 0.6 is 11.3 Å². The first-order valence-electron chi connectivity index (χ1n) is 8.33. The first-order chi connectivity index (χ1) is 11.8. The standard InChI is InChI=1S/C17H20FN3O2S/c18-13-5-3-12(4-6-13)10-16-19-20-17(24-16)21-7-9-23-15(11-21)14-2-1-8-22-14/h3-6,14-15H,1-2,7-11H2/t14-,15-/m1/s1. The predicted molar refractivity (Wildman–Crippen MR) is 90.0 cm³/mol. The molecule has 2 atom stereocenters. The Hall–Kier alpha value is -1.57. The van der Waals surface area contributed by atoms with Crippen molar-refractivity contribution in [3.05, 3.63) is 40.7 Å². The third-order valence-electron chi connectivity index (χ3n) is 4.47. The minimum absolute atomic E-state index is 0.116. The highest BCUT2D eigenvalue weighted by molar-refractivity contribution is 7.15. The van der Waals surface area contributed by atoms with Crippen LogP contribution in [-0.4, -0.2) is 48.7 Å². The van der Waals surface area contributed by atoms with Crippen LogP contribution in [0.3, 0.4) is 0 Å². The highest BCUT2D eigenvalue weighted by Gasteiger charge is 2.32. The van der Waals surface area contributed by atoms with Gasteiger partial charge in [0, 0.05) is 26.1 Å². The summed E-state index contributed by atoms with van der Waals surface area (Å²) in [6.45, 7) is 3.16. The van der Waals surface area contributed by atoms with Crippen LogP contribution in [0.25, 0.3) is 0 Å². The second kappa shape index (κ2) is 7.13. The lowest BCUT2D eigenvalue weighted by Gasteiger charge is -2.34. The van der Waals surface area contributed by atoms with Crippen molar-refractivity contribution in [3.63, 3.8) is 0 Å². The molecule has 2 aromatic rings. The smallest absolute Gasteiger partial charge is 0.208 e. The van der Waals surface area contributed by atoms with Gasteiger partial charge in [-0.1, -0.05) is 23.5 Å². The fourth-order valence-corrected chi connectivity index (χ4v) is 4.10. The molecular formula is C17H20FN3O2S. The number of anilines is 1. The molecule has 1 aromatic carbocycles. The molecule has 0 radical (unpaired) electrons. The zero-order chi connectivity index (χ0) is 16.4. The summed E-state index contributed by atoms with van der Waals surface area (Å²) in [6.07, 6.45) is 3.19. The van der Waals surface area contributed by atoms with Crippen LogP contribution in [0.4, 0.5) is 9.52 Å². The van der Waals surface area contributed by atoms with Gasteiger partial charge in [0.2, 0.25) is 5.13 Å². The van der Waals surface area contributed by atoms with Crippen LogP contribution in [0, 0.1) is 5.82 Å². The van der Waals surface area contributed by atoms with Crippen LogP contribution in [0.5, 0.6) is 0 Å². The summed E-state index contributed by atoms with van der Waals surface area (Å²) in [4.78, 5) is 2.24. The number of nitrogens with zero attached hydrogens (tertiary/aromatic N) is 3. The van der Waals surface area contributed by atoms with Crippen LogP contribution < -0.4 is 4.90 Å². The number of aromatic nitrogens is 2. The Kier molecular flexibility index (Phi) is 4.73. The fourth-order valence-electron chi connectivity index (χ4n) is 3.19. The Morgan fingerprint density at radius 3 is 2.75 bits per heavy atom. The number of hydrogen-bond donors (Lipinski definition) is 0. The molecule has 1 aromatic heterocycles. The summed E-state index contributed by atoms with van der Waals surface area (Å²) in [5.74, 6) is -0.217. The molecule has 3 heterocycles. The van der Waals surface area contributed by atoms with E-state index >= 15 is 0 Å². The van der Waals surface area contributed by atoms with Gasteiger partial charge in [0.05, 0.1) is 12.7 Å². The Balaban J connectivity index is 1.41. The van der Waals surface area contributed by atoms with Crippen molar-refractivity contribution in [2.45, 2.75) is 31.5 Å². The average Bonchev–Trinajstić information content (AvgIpc) is 3.29. The van der Waals surface area contributed by atoms with Gasteiger partial charge in [-0.05, 0) is 30.5 Å². The molecular weight excluding hydrogens is 329 g/mol. The Morgan fingerprint density at radius 1 is 1.12 bits per heavy atom. The van der Waals surface area contributed by atoms with E-state index in [2.05, 4.69) is 15.1 Å². The van der Waals surface area contributed by atoms with Gasteiger partial charge in [-0.2, -0.15) is 0 Å². The summed E-state index contributed by atoms with van der Waals surface area (Å²) in [5, 5.41) is 10.5. The molecule has 2 aliphatic rings. The van der Waals surface area contributed by atoms with Gasteiger partial charge in [-0.3, -0.25) is 0 Å². The Morgan fingerprint density at radius 2 is 1.96 bits per heavy atom. The molecule has 0 saturated carbocycles. The summed E-state index contributed by atoms with van der Waals surface area (Å²) >= 11 is 1.60. The lowest BCUT2D eigenvalue weighted by molar-refractivity contribution is -0.0543. The molecule has 128 valence electrons. The number of hydrogen-bond acceptors (Lipinski definition) is 6. The molecule has 0 amide bonds. The van der Waals surface area contributed by atoms with E-state index in [1.807, 2.05) is 0 Å². The summed E-state index contributed by atoms with van der Waals surface area (Å²) in [5.41, 5.74) is 1.04. The van der Waals surface area contributed by atoms with E-state index in [-0.39, 0.29) is 18.0 Å². The third kappa shape index (κ3) is 3.58. The number of ether oxygens (including phenoxy) is 2. The van der Waals surface area contributed by atoms with E-state index in [0.29, 0.717) is 13.0 Å². The van der Waals surface area contributed by atoms with E-state index in [1.165, 1.54) is 12.1 Å². The quantitative estimate of drug-likeness (QED) is 0.849. The number of rotatable bonds is 4. The zero-order valence-corrected chi connectivity index (χ0v) is 14.2. The van der Waals surface area contributed by atoms with Crippen molar-refractivity contribution < 1.29 is 13.9 Å². The van der Waals surface area contributed by atoms with Crippen molar-refractivity contribution in [1.82, 2.24) is 10.2 Å². The molecule has 0 bridgehead atoms. The van der Waals surface area contributed by atoms with Crippen molar-refractivity contribution in [2.24, 2.45) is 0 Å². The molecule has 4 rings (SSSR count). The Bertz CT molecular complexity index is 673. The van der Waals surface area contributed by atoms with E-state index < -0.39 is 0 Å². The molecule has 24 heavy (non-hydrogen) atoms. The van der Waals surface area contributed by atoms with Gasteiger partial charge in [0.25, 0.3) is 0 Å². The average molecular weight is 349 g/mol. The van der Waals surface area contributed by atoms with Gasteiger partial charge in [0.15, 0.2) is 0 Å². The van der Waals surface area contributed by atoms with E-state index in [0.717, 1.165) is 48.2 Å². The third-order valence-corrected chi connectivity index (χ3v) is 5.45. The van der Waals surface area contributed by atoms with Crippen molar-refractivity contribution in [3.8, 4) is 0 Å². The van der Waals surface area contributed by atoms with E-state index in [4.69, 9.17) is 9.47 Å². The number of morpholine rings is 1. The lowest BCUT2D eigenvalue weighted by Crippen LogP contribution is -2.47. The zero-order valence-electron chi connectivity index (χ0n) is 13.4. The first kappa shape index (κ1) is 15.9. The maximum atomic E-state index is 13.0. The number of halogens is 1. The van der Waals surface area contributed by atoms with Crippen molar-refractivity contribution >= 4 is 16.5 Å². The summed E-state index contributed by atoms with van der Waals surface area (Å²) in [7, 11) is 0. The molecule has 5 nitrogen and oxygen atoms in total. The normalized spacial score (nSPS) is 24.5. The maximum absolute atomic E-state index is 13.0. The van der Waals surface area contributed by atoms with Crippen LogP contribution in [0.2, 0.25) is 0 Å². The summed E-state index contributed by atoms with van der Waals surface area (Å²) in [6, 6.07) is 6.54. The van der Waals surface area contributed by atoms with Gasteiger partial charge in [-0.15, -0.1) is 10.2 Å². The molecule has 0 spiro atoms. The monoisotopic (exact) mass is 349 g/mol. The molecule has 0 unspecified atom stereocenters. The van der Waals surface area contributed by atoms with Crippen LogP contribution in [0.1, 0.15) is 23.4 Å². The summed E-state index contributed by atoms with van der Waals surface area (Å²) < 4.78 is 24.6. The molecule has 0 aliphatic carbocycles.